The van der Waals surface area contributed by atoms with Crippen LogP contribution >= 0.6 is 0 Å². The number of hydrogen-bond acceptors (Lipinski definition) is 5. The van der Waals surface area contributed by atoms with Gasteiger partial charge in [-0.05, 0) is 38.5 Å². The molecule has 0 aliphatic heterocycles. The predicted molar refractivity (Wildman–Crippen MR) is 66.6 cm³/mol. The van der Waals surface area contributed by atoms with Gasteiger partial charge in [0.05, 0.1) is 5.92 Å². The topological polar surface area (TPSA) is 102 Å². The minimum Gasteiger partial charge on any atom is -0.481 e. The number of nitrogens with zero attached hydrogens (tertiary/aromatic N) is 2. The molecule has 1 aromatic rings. The fourth-order valence-electron chi connectivity index (χ4n) is 2.87. The van der Waals surface area contributed by atoms with Gasteiger partial charge in [0, 0.05) is 17.9 Å². The zero-order chi connectivity index (χ0) is 13.5. The standard InChI is InChI=1S/C13H19N3O3/c14-7-13(5-6-13)12-15-10(19-16-12)8-1-3-9(4-2-8)11(17)18/h8-9H,1-7,14H2,(H,17,18). The second-order valence-electron chi connectivity index (χ2n) is 5.83. The number of rotatable bonds is 4. The number of hydrogen-bond donors (Lipinski definition) is 2. The molecule has 19 heavy (non-hydrogen) atoms. The summed E-state index contributed by atoms with van der Waals surface area (Å²) in [6.45, 7) is 0.567. The van der Waals surface area contributed by atoms with Crippen molar-refractivity contribution in [3.63, 3.8) is 0 Å². The Morgan fingerprint density at radius 2 is 2.05 bits per heavy atom. The first-order valence-corrected chi connectivity index (χ1v) is 6.91. The Labute approximate surface area is 111 Å². The minimum absolute atomic E-state index is 0.0417. The lowest BCUT2D eigenvalue weighted by molar-refractivity contribution is -0.142. The van der Waals surface area contributed by atoms with Crippen LogP contribution in [0.5, 0.6) is 0 Å². The Balaban J connectivity index is 1.66. The van der Waals surface area contributed by atoms with Crippen LogP contribution in [0.25, 0.3) is 0 Å². The summed E-state index contributed by atoms with van der Waals surface area (Å²) in [7, 11) is 0. The average molecular weight is 265 g/mol. The molecule has 1 heterocycles. The zero-order valence-corrected chi connectivity index (χ0v) is 10.8. The van der Waals surface area contributed by atoms with Gasteiger partial charge >= 0.3 is 5.97 Å². The van der Waals surface area contributed by atoms with Crippen LogP contribution in [0.1, 0.15) is 56.2 Å². The molecule has 0 radical (unpaired) electrons. The molecule has 104 valence electrons. The van der Waals surface area contributed by atoms with Gasteiger partial charge in [-0.2, -0.15) is 4.98 Å². The smallest absolute Gasteiger partial charge is 0.306 e. The van der Waals surface area contributed by atoms with Gasteiger partial charge in [-0.1, -0.05) is 5.16 Å². The van der Waals surface area contributed by atoms with Crippen LogP contribution < -0.4 is 5.73 Å². The van der Waals surface area contributed by atoms with Crippen molar-refractivity contribution in [1.82, 2.24) is 10.1 Å². The largest absolute Gasteiger partial charge is 0.481 e. The van der Waals surface area contributed by atoms with Crippen LogP contribution in [-0.4, -0.2) is 27.8 Å². The van der Waals surface area contributed by atoms with Crippen molar-refractivity contribution >= 4 is 5.97 Å². The molecule has 6 heteroatoms. The van der Waals surface area contributed by atoms with Crippen LogP contribution in [0.15, 0.2) is 4.52 Å². The van der Waals surface area contributed by atoms with E-state index in [-0.39, 0.29) is 17.3 Å². The molecule has 3 N–H and O–H groups in total. The van der Waals surface area contributed by atoms with Crippen LogP contribution in [0.2, 0.25) is 0 Å². The third kappa shape index (κ3) is 2.25. The van der Waals surface area contributed by atoms with E-state index in [1.54, 1.807) is 0 Å². The fourth-order valence-corrected chi connectivity index (χ4v) is 2.87. The Morgan fingerprint density at radius 1 is 1.37 bits per heavy atom. The molecule has 0 atom stereocenters. The van der Waals surface area contributed by atoms with Crippen molar-refractivity contribution in [3.05, 3.63) is 11.7 Å². The van der Waals surface area contributed by atoms with E-state index in [9.17, 15) is 4.79 Å². The highest BCUT2D eigenvalue weighted by Gasteiger charge is 2.47. The first-order valence-electron chi connectivity index (χ1n) is 6.91. The molecule has 1 aromatic heterocycles. The van der Waals surface area contributed by atoms with E-state index in [1.807, 2.05) is 0 Å². The van der Waals surface area contributed by atoms with Crippen molar-refractivity contribution in [2.75, 3.05) is 6.54 Å². The van der Waals surface area contributed by atoms with E-state index in [4.69, 9.17) is 15.4 Å². The molecule has 2 saturated carbocycles. The molecular formula is C13H19N3O3. The number of aromatic nitrogens is 2. The van der Waals surface area contributed by atoms with E-state index >= 15 is 0 Å². The number of carboxylic acids is 1. The van der Waals surface area contributed by atoms with Crippen LogP contribution in [0.4, 0.5) is 0 Å². The summed E-state index contributed by atoms with van der Waals surface area (Å²) in [5, 5.41) is 13.0. The third-order valence-corrected chi connectivity index (χ3v) is 4.59. The Kier molecular flexibility index (Phi) is 3.05. The normalized spacial score (nSPS) is 29.1. The van der Waals surface area contributed by atoms with Crippen molar-refractivity contribution in [1.29, 1.82) is 0 Å². The molecule has 0 bridgehead atoms. The van der Waals surface area contributed by atoms with E-state index in [2.05, 4.69) is 10.1 Å². The molecule has 0 saturated heterocycles. The first-order chi connectivity index (χ1) is 9.14. The van der Waals surface area contributed by atoms with Crippen LogP contribution in [0.3, 0.4) is 0 Å². The van der Waals surface area contributed by atoms with Gasteiger partial charge in [-0.25, -0.2) is 0 Å². The first kappa shape index (κ1) is 12.6. The maximum absolute atomic E-state index is 10.9. The van der Waals surface area contributed by atoms with Crippen molar-refractivity contribution in [2.24, 2.45) is 11.7 Å². The summed E-state index contributed by atoms with van der Waals surface area (Å²) in [5.41, 5.74) is 5.71. The monoisotopic (exact) mass is 265 g/mol. The van der Waals surface area contributed by atoms with Gasteiger partial charge in [0.2, 0.25) is 5.89 Å². The van der Waals surface area contributed by atoms with Crippen molar-refractivity contribution in [3.8, 4) is 0 Å². The van der Waals surface area contributed by atoms with Crippen molar-refractivity contribution < 1.29 is 14.4 Å². The molecule has 6 nitrogen and oxygen atoms in total. The highest BCUT2D eigenvalue weighted by Crippen LogP contribution is 2.46. The highest BCUT2D eigenvalue weighted by molar-refractivity contribution is 5.70. The molecular weight excluding hydrogens is 246 g/mol. The molecule has 2 fully saturated rings. The SMILES string of the molecule is NCC1(c2noc(C3CCC(C(=O)O)CC3)n2)CC1. The lowest BCUT2D eigenvalue weighted by Gasteiger charge is -2.23. The van der Waals surface area contributed by atoms with E-state index in [0.717, 1.165) is 31.5 Å². The number of carboxylic acid groups (broad SMARTS) is 1. The molecule has 0 unspecified atom stereocenters. The Hall–Kier alpha value is -1.43. The van der Waals surface area contributed by atoms with Crippen LogP contribution in [0, 0.1) is 5.92 Å². The Bertz CT molecular complexity index is 473. The number of carbonyl (C=O) groups is 1. The summed E-state index contributed by atoms with van der Waals surface area (Å²) in [6, 6.07) is 0. The van der Waals surface area contributed by atoms with Gasteiger partial charge in [-0.15, -0.1) is 0 Å². The molecule has 3 rings (SSSR count). The van der Waals surface area contributed by atoms with E-state index in [1.165, 1.54) is 0 Å². The summed E-state index contributed by atoms with van der Waals surface area (Å²) < 4.78 is 5.36. The maximum Gasteiger partial charge on any atom is 0.306 e. The molecule has 2 aliphatic rings. The summed E-state index contributed by atoms with van der Waals surface area (Å²) in [4.78, 5) is 15.4. The Morgan fingerprint density at radius 3 is 2.58 bits per heavy atom. The van der Waals surface area contributed by atoms with Gasteiger partial charge in [0.1, 0.15) is 0 Å². The van der Waals surface area contributed by atoms with E-state index in [0.29, 0.717) is 25.3 Å². The lowest BCUT2D eigenvalue weighted by Crippen LogP contribution is -2.22. The maximum atomic E-state index is 10.9. The van der Waals surface area contributed by atoms with Gasteiger partial charge in [0.25, 0.3) is 0 Å². The molecule has 0 amide bonds. The average Bonchev–Trinajstić information content (AvgIpc) is 3.08. The highest BCUT2D eigenvalue weighted by atomic mass is 16.5. The van der Waals surface area contributed by atoms with Gasteiger partial charge < -0.3 is 15.4 Å². The van der Waals surface area contributed by atoms with Gasteiger partial charge in [-0.3, -0.25) is 4.79 Å². The molecule has 2 aliphatic carbocycles. The minimum atomic E-state index is -0.690. The number of nitrogens with two attached hydrogens (primary N) is 1. The second kappa shape index (κ2) is 4.59. The lowest BCUT2D eigenvalue weighted by atomic mass is 9.82. The predicted octanol–water partition coefficient (Wildman–Crippen LogP) is 1.42. The summed E-state index contributed by atoms with van der Waals surface area (Å²) in [5.74, 6) is 0.719. The van der Waals surface area contributed by atoms with Crippen LogP contribution in [-0.2, 0) is 10.2 Å². The second-order valence-corrected chi connectivity index (χ2v) is 5.83. The van der Waals surface area contributed by atoms with E-state index < -0.39 is 5.97 Å². The van der Waals surface area contributed by atoms with Gasteiger partial charge in [0.15, 0.2) is 5.82 Å². The number of aliphatic carboxylic acids is 1. The third-order valence-electron chi connectivity index (χ3n) is 4.59. The summed E-state index contributed by atoms with van der Waals surface area (Å²) >= 11 is 0. The fraction of sp³-hybridized carbons (Fsp3) is 0.769. The zero-order valence-electron chi connectivity index (χ0n) is 10.8. The van der Waals surface area contributed by atoms with Crippen molar-refractivity contribution in [2.45, 2.75) is 49.9 Å². The summed E-state index contributed by atoms with van der Waals surface area (Å²) in [6.07, 6.45) is 5.09. The molecule has 0 aromatic carbocycles. The molecule has 0 spiro atoms. The quantitative estimate of drug-likeness (QED) is 0.853.